The molecule has 39 heavy (non-hydrogen) atoms. The van der Waals surface area contributed by atoms with Gasteiger partial charge in [0.15, 0.2) is 5.49 Å². The number of hydrogen-bond donors (Lipinski definition) is 0. The molecule has 0 bridgehead atoms. The van der Waals surface area contributed by atoms with E-state index in [0.717, 1.165) is 32.1 Å². The fourth-order valence-electron chi connectivity index (χ4n) is 5.13. The van der Waals surface area contributed by atoms with Gasteiger partial charge < -0.3 is 18.8 Å². The number of pyridine rings is 2. The summed E-state index contributed by atoms with van der Waals surface area (Å²) in [6.45, 7) is 1.82. The Hall–Kier alpha value is -4.47. The monoisotopic (exact) mass is 530 g/mol. The lowest BCUT2D eigenvalue weighted by atomic mass is 9.94. The molecule has 1 aliphatic rings. The van der Waals surface area contributed by atoms with Gasteiger partial charge in [-0.25, -0.2) is 9.78 Å². The van der Waals surface area contributed by atoms with Crippen LogP contribution in [0.2, 0.25) is 0 Å². The molecule has 4 aromatic rings. The molecule has 0 spiro atoms. The Morgan fingerprint density at radius 1 is 1.03 bits per heavy atom. The first-order chi connectivity index (χ1) is 19.0. The van der Waals surface area contributed by atoms with Crippen molar-refractivity contribution >= 4 is 28.6 Å². The molecule has 0 radical (unpaired) electrons. The number of amides is 1. The molecule has 3 heterocycles. The van der Waals surface area contributed by atoms with Crippen LogP contribution in [-0.4, -0.2) is 46.7 Å². The van der Waals surface area contributed by atoms with E-state index >= 15 is 0 Å². The fraction of sp³-hybridized carbons (Fsp3) is 0.345. The summed E-state index contributed by atoms with van der Waals surface area (Å²) in [7, 11) is 2.98. The second-order valence-corrected chi connectivity index (χ2v) is 9.33. The first-order valence-corrected chi connectivity index (χ1v) is 13.0. The maximum Gasteiger partial charge on any atom is 0.341 e. The molecule has 1 aromatic carbocycles. The zero-order valence-electron chi connectivity index (χ0n) is 22.2. The molecule has 202 valence electrons. The van der Waals surface area contributed by atoms with Crippen LogP contribution in [0.15, 0.2) is 58.4 Å². The van der Waals surface area contributed by atoms with Gasteiger partial charge in [0.1, 0.15) is 28.4 Å². The summed E-state index contributed by atoms with van der Waals surface area (Å²) in [4.78, 5) is 49.8. The zero-order chi connectivity index (χ0) is 27.5. The van der Waals surface area contributed by atoms with E-state index in [-0.39, 0.29) is 46.0 Å². The quantitative estimate of drug-likeness (QED) is 0.273. The molecule has 5 rings (SSSR count). The summed E-state index contributed by atoms with van der Waals surface area (Å²) < 4.78 is 19.3. The molecule has 0 saturated heterocycles. The van der Waals surface area contributed by atoms with Gasteiger partial charge in [-0.3, -0.25) is 14.0 Å². The van der Waals surface area contributed by atoms with E-state index in [9.17, 15) is 14.4 Å². The van der Waals surface area contributed by atoms with Crippen molar-refractivity contribution in [2.75, 3.05) is 20.8 Å². The first kappa shape index (κ1) is 26.1. The van der Waals surface area contributed by atoms with Crippen molar-refractivity contribution in [2.24, 2.45) is 4.99 Å². The fourth-order valence-corrected chi connectivity index (χ4v) is 5.13. The Kier molecular flexibility index (Phi) is 7.44. The molecular formula is C29H30N4O6. The van der Waals surface area contributed by atoms with Gasteiger partial charge in [0.25, 0.3) is 11.5 Å². The minimum atomic E-state index is -0.672. The van der Waals surface area contributed by atoms with Crippen LogP contribution in [0.1, 0.15) is 65.8 Å². The van der Waals surface area contributed by atoms with Crippen LogP contribution in [0.5, 0.6) is 11.5 Å². The number of benzene rings is 1. The Morgan fingerprint density at radius 3 is 2.54 bits per heavy atom. The van der Waals surface area contributed by atoms with Crippen molar-refractivity contribution in [3.8, 4) is 11.5 Å². The third-order valence-electron chi connectivity index (χ3n) is 7.02. The summed E-state index contributed by atoms with van der Waals surface area (Å²) in [5.41, 5.74) is 0.862. The van der Waals surface area contributed by atoms with E-state index in [2.05, 4.69) is 4.99 Å². The predicted octanol–water partition coefficient (Wildman–Crippen LogP) is 4.09. The highest BCUT2D eigenvalue weighted by Crippen LogP contribution is 2.30. The number of fused-ring (bicyclic) bond motifs is 2. The smallest absolute Gasteiger partial charge is 0.341 e. The average Bonchev–Trinajstić information content (AvgIpc) is 2.97. The van der Waals surface area contributed by atoms with Crippen LogP contribution >= 0.6 is 0 Å². The Morgan fingerprint density at radius 2 is 1.82 bits per heavy atom. The molecular weight excluding hydrogens is 500 g/mol. The van der Waals surface area contributed by atoms with Gasteiger partial charge in [0.05, 0.1) is 31.8 Å². The number of aromatic nitrogens is 3. The van der Waals surface area contributed by atoms with Gasteiger partial charge >= 0.3 is 5.97 Å². The van der Waals surface area contributed by atoms with Crippen molar-refractivity contribution in [1.82, 2.24) is 14.0 Å². The van der Waals surface area contributed by atoms with Crippen molar-refractivity contribution in [2.45, 2.75) is 45.1 Å². The van der Waals surface area contributed by atoms with Crippen molar-refractivity contribution in [3.63, 3.8) is 0 Å². The van der Waals surface area contributed by atoms with Crippen LogP contribution in [0.3, 0.4) is 0 Å². The number of rotatable bonds is 6. The van der Waals surface area contributed by atoms with E-state index in [1.807, 2.05) is 0 Å². The number of methoxy groups -OCH3 is 2. The van der Waals surface area contributed by atoms with Crippen molar-refractivity contribution in [3.05, 3.63) is 75.6 Å². The maximum atomic E-state index is 13.6. The second kappa shape index (κ2) is 11.1. The summed E-state index contributed by atoms with van der Waals surface area (Å²) in [6.07, 6.45) is 6.25. The van der Waals surface area contributed by atoms with E-state index in [1.165, 1.54) is 24.7 Å². The van der Waals surface area contributed by atoms with Gasteiger partial charge in [-0.2, -0.15) is 4.99 Å². The number of carbonyl (C=O) groups is 2. The molecule has 1 saturated carbocycles. The van der Waals surface area contributed by atoms with Gasteiger partial charge in [0, 0.05) is 18.3 Å². The topological polar surface area (TPSA) is 113 Å². The van der Waals surface area contributed by atoms with E-state index in [4.69, 9.17) is 19.2 Å². The van der Waals surface area contributed by atoms with Crippen molar-refractivity contribution < 1.29 is 23.8 Å². The number of nitrogens with zero attached hydrogens (tertiary/aromatic N) is 4. The van der Waals surface area contributed by atoms with Crippen LogP contribution in [0.4, 0.5) is 0 Å². The SMILES string of the molecule is CCOC(=O)c1cc2c(=O)n3ccccc3nc2n(C2CCCCC2)c1=NC(=O)c1ccc(OC)cc1OC. The van der Waals surface area contributed by atoms with Crippen LogP contribution in [0.25, 0.3) is 16.7 Å². The largest absolute Gasteiger partial charge is 0.497 e. The maximum absolute atomic E-state index is 13.6. The third kappa shape index (κ3) is 4.89. The molecule has 0 unspecified atom stereocenters. The van der Waals surface area contributed by atoms with Crippen LogP contribution < -0.4 is 20.5 Å². The molecule has 0 N–H and O–H groups in total. The molecule has 1 aliphatic carbocycles. The van der Waals surface area contributed by atoms with Crippen molar-refractivity contribution in [1.29, 1.82) is 0 Å². The van der Waals surface area contributed by atoms with Crippen LogP contribution in [-0.2, 0) is 4.74 Å². The Labute approximate surface area is 224 Å². The van der Waals surface area contributed by atoms with E-state index < -0.39 is 11.9 Å². The minimum Gasteiger partial charge on any atom is -0.497 e. The normalized spacial score (nSPS) is 14.5. The molecule has 1 fully saturated rings. The molecule has 10 nitrogen and oxygen atoms in total. The highest BCUT2D eigenvalue weighted by molar-refractivity contribution is 5.99. The highest BCUT2D eigenvalue weighted by Gasteiger charge is 2.26. The van der Waals surface area contributed by atoms with Gasteiger partial charge in [-0.1, -0.05) is 25.3 Å². The third-order valence-corrected chi connectivity index (χ3v) is 7.02. The predicted molar refractivity (Wildman–Crippen MR) is 144 cm³/mol. The lowest BCUT2D eigenvalue weighted by Crippen LogP contribution is -2.35. The van der Waals surface area contributed by atoms with Crippen LogP contribution in [0, 0.1) is 0 Å². The molecule has 1 amide bonds. The summed E-state index contributed by atoms with van der Waals surface area (Å²) in [5.74, 6) is -0.473. The number of carbonyl (C=O) groups excluding carboxylic acids is 2. The lowest BCUT2D eigenvalue weighted by Gasteiger charge is -2.27. The summed E-state index contributed by atoms with van der Waals surface area (Å²) in [6, 6.07) is 11.4. The minimum absolute atomic E-state index is 0.0329. The van der Waals surface area contributed by atoms with Gasteiger partial charge in [-0.05, 0) is 50.1 Å². The number of ether oxygens (including phenoxy) is 3. The standard InChI is InChI=1S/C29H30N4O6/c1-4-39-29(36)22-17-21-25(30-24-12-8-9-15-32(24)28(21)35)33(18-10-6-5-7-11-18)26(22)31-27(34)20-14-13-19(37-2)16-23(20)38-3/h8-9,12-18H,4-7,10-11H2,1-3H3. The number of hydrogen-bond acceptors (Lipinski definition) is 7. The second-order valence-electron chi connectivity index (χ2n) is 9.33. The van der Waals surface area contributed by atoms with Gasteiger partial charge in [-0.15, -0.1) is 0 Å². The summed E-state index contributed by atoms with van der Waals surface area (Å²) >= 11 is 0. The molecule has 10 heteroatoms. The molecule has 0 aliphatic heterocycles. The summed E-state index contributed by atoms with van der Waals surface area (Å²) in [5, 5.41) is 0.251. The van der Waals surface area contributed by atoms with E-state index in [0.29, 0.717) is 17.0 Å². The lowest BCUT2D eigenvalue weighted by molar-refractivity contribution is 0.0523. The van der Waals surface area contributed by atoms with E-state index in [1.54, 1.807) is 54.1 Å². The molecule has 3 aromatic heterocycles. The highest BCUT2D eigenvalue weighted by atomic mass is 16.5. The Balaban J connectivity index is 1.87. The zero-order valence-corrected chi connectivity index (χ0v) is 22.2. The number of esters is 1. The van der Waals surface area contributed by atoms with Gasteiger partial charge in [0.2, 0.25) is 0 Å². The Bertz CT molecular complexity index is 1700. The average molecular weight is 531 g/mol. The molecule has 0 atom stereocenters. The first-order valence-electron chi connectivity index (χ1n) is 13.0.